The van der Waals surface area contributed by atoms with Crippen LogP contribution >= 0.6 is 0 Å². The minimum atomic E-state index is -3.62. The van der Waals surface area contributed by atoms with Gasteiger partial charge < -0.3 is 15.8 Å². The van der Waals surface area contributed by atoms with Gasteiger partial charge in [-0.05, 0) is 37.6 Å². The van der Waals surface area contributed by atoms with Crippen molar-refractivity contribution in [2.75, 3.05) is 6.61 Å². The van der Waals surface area contributed by atoms with Gasteiger partial charge in [0.15, 0.2) is 0 Å². The Morgan fingerprint density at radius 2 is 1.94 bits per heavy atom. The Bertz CT molecular complexity index is 1310. The zero-order valence-corrected chi connectivity index (χ0v) is 17.9. The molecule has 0 bridgehead atoms. The lowest BCUT2D eigenvalue weighted by molar-refractivity contribution is 0.0882. The number of hydrogen-bond donors (Lipinski definition) is 2. The number of sulfonamides is 1. The van der Waals surface area contributed by atoms with Crippen LogP contribution in [-0.2, 0) is 15.8 Å². The summed E-state index contributed by atoms with van der Waals surface area (Å²) in [6.45, 7) is 3.81. The van der Waals surface area contributed by atoms with Crippen molar-refractivity contribution in [3.05, 3.63) is 71.4 Å². The van der Waals surface area contributed by atoms with Gasteiger partial charge in [-0.25, -0.2) is 8.42 Å². The maximum absolute atomic E-state index is 12.9. The van der Waals surface area contributed by atoms with E-state index in [1.165, 1.54) is 0 Å². The van der Waals surface area contributed by atoms with Crippen LogP contribution in [-0.4, -0.2) is 37.3 Å². The van der Waals surface area contributed by atoms with Crippen molar-refractivity contribution in [2.45, 2.75) is 25.1 Å². The number of nitrogens with zero attached hydrogens (tertiary/aromatic N) is 2. The molecule has 3 aromatic rings. The summed E-state index contributed by atoms with van der Waals surface area (Å²) in [7, 11) is -3.62. The summed E-state index contributed by atoms with van der Waals surface area (Å²) in [6, 6.07) is 14.2. The molecule has 8 nitrogen and oxygen atoms in total. The summed E-state index contributed by atoms with van der Waals surface area (Å²) in [5, 5.41) is 3.76. The molecule has 0 unspecified atom stereocenters. The Balaban J connectivity index is 1.52. The first-order chi connectivity index (χ1) is 14.7. The van der Waals surface area contributed by atoms with Crippen LogP contribution in [0.5, 0.6) is 5.75 Å². The lowest BCUT2D eigenvalue weighted by atomic mass is 10.0. The lowest BCUT2D eigenvalue weighted by Crippen LogP contribution is -2.48. The van der Waals surface area contributed by atoms with E-state index in [0.717, 1.165) is 10.9 Å². The minimum Gasteiger partial charge on any atom is -0.490 e. The second-order valence-electron chi connectivity index (χ2n) is 8.00. The summed E-state index contributed by atoms with van der Waals surface area (Å²) in [4.78, 5) is 17.2. The number of fused-ring (bicyclic) bond motifs is 2. The van der Waals surface area contributed by atoms with Crippen LogP contribution in [0, 0.1) is 0 Å². The molecule has 31 heavy (non-hydrogen) atoms. The number of amides is 1. The highest BCUT2D eigenvalue weighted by Crippen LogP contribution is 2.28. The summed E-state index contributed by atoms with van der Waals surface area (Å²) < 4.78 is 33.2. The van der Waals surface area contributed by atoms with Gasteiger partial charge in [0, 0.05) is 11.6 Å². The Kier molecular flexibility index (Phi) is 5.14. The number of para-hydroxylation sites is 1. The zero-order valence-electron chi connectivity index (χ0n) is 17.1. The van der Waals surface area contributed by atoms with Gasteiger partial charge in [-0.3, -0.25) is 9.78 Å². The Morgan fingerprint density at radius 3 is 2.74 bits per heavy atom. The Morgan fingerprint density at radius 1 is 1.16 bits per heavy atom. The number of ether oxygens (including phenoxy) is 1. The Hall–Kier alpha value is -3.46. The summed E-state index contributed by atoms with van der Waals surface area (Å²) in [5.74, 6) is -0.142. The number of benzene rings is 2. The quantitative estimate of drug-likeness (QED) is 0.630. The van der Waals surface area contributed by atoms with Crippen LogP contribution in [0.25, 0.3) is 10.9 Å². The smallest absolute Gasteiger partial charge is 0.259 e. The van der Waals surface area contributed by atoms with Crippen molar-refractivity contribution >= 4 is 32.7 Å². The average molecular weight is 439 g/mol. The van der Waals surface area contributed by atoms with Crippen LogP contribution in [0.2, 0.25) is 0 Å². The van der Waals surface area contributed by atoms with Gasteiger partial charge in [-0.2, -0.15) is 0 Å². The van der Waals surface area contributed by atoms with Gasteiger partial charge in [-0.1, -0.05) is 30.3 Å². The molecule has 0 aliphatic carbocycles. The molecule has 0 saturated heterocycles. The molecule has 160 valence electrons. The van der Waals surface area contributed by atoms with E-state index in [4.69, 9.17) is 10.5 Å². The molecule has 0 saturated carbocycles. The lowest BCUT2D eigenvalue weighted by Gasteiger charge is -2.28. The third-order valence-corrected chi connectivity index (χ3v) is 6.03. The first kappa shape index (κ1) is 20.8. The number of nitrogens with two attached hydrogens (primary N) is 1. The molecule has 1 aromatic heterocycles. The fourth-order valence-corrected chi connectivity index (χ4v) is 4.58. The molecule has 1 amide bonds. The summed E-state index contributed by atoms with van der Waals surface area (Å²) >= 11 is 0. The maximum Gasteiger partial charge on any atom is 0.259 e. The number of carbonyl (C=O) groups is 1. The van der Waals surface area contributed by atoms with Gasteiger partial charge in [-0.15, -0.1) is 4.40 Å². The van der Waals surface area contributed by atoms with E-state index < -0.39 is 15.6 Å². The molecule has 0 radical (unpaired) electrons. The van der Waals surface area contributed by atoms with Gasteiger partial charge in [0.2, 0.25) is 0 Å². The number of nitrogens with one attached hydrogen (secondary N) is 1. The molecular formula is C22H22N4O4S. The normalized spacial score (nSPS) is 15.1. The number of amidine groups is 1. The van der Waals surface area contributed by atoms with Crippen molar-refractivity contribution in [3.63, 3.8) is 0 Å². The van der Waals surface area contributed by atoms with E-state index in [1.807, 2.05) is 38.1 Å². The summed E-state index contributed by atoms with van der Waals surface area (Å²) in [5.41, 5.74) is 7.44. The molecule has 2 aromatic carbocycles. The topological polar surface area (TPSA) is 124 Å². The molecule has 0 atom stereocenters. The van der Waals surface area contributed by atoms with Crippen molar-refractivity contribution < 1.29 is 17.9 Å². The zero-order chi connectivity index (χ0) is 22.2. The number of hydrogen-bond acceptors (Lipinski definition) is 6. The number of aromatic nitrogens is 1. The van der Waals surface area contributed by atoms with E-state index in [9.17, 15) is 13.2 Å². The monoisotopic (exact) mass is 438 g/mol. The highest BCUT2D eigenvalue weighted by Gasteiger charge is 2.27. The van der Waals surface area contributed by atoms with E-state index in [2.05, 4.69) is 14.7 Å². The highest BCUT2D eigenvalue weighted by molar-refractivity contribution is 7.89. The number of pyridine rings is 1. The predicted octanol–water partition coefficient (Wildman–Crippen LogP) is 2.37. The molecule has 0 fully saturated rings. The Labute approximate surface area is 180 Å². The fraction of sp³-hybridized carbons (Fsp3) is 0.227. The largest absolute Gasteiger partial charge is 0.490 e. The molecule has 1 aliphatic rings. The number of carbonyl (C=O) groups excluding carboxylic acids is 1. The first-order valence-corrected chi connectivity index (χ1v) is 11.3. The van der Waals surface area contributed by atoms with Crippen molar-refractivity contribution in [2.24, 2.45) is 10.1 Å². The standard InChI is InChI=1S/C22H22N4O4S/c1-22(2,25-21(27)16-10-11-24-17-8-4-3-7-15(16)17)13-30-18-9-5-6-14-12-31(28,29)26-20(23)19(14)18/h3-11H,12-13H2,1-2H3,(H2,23,26)(H,25,27). The van der Waals surface area contributed by atoms with Crippen molar-refractivity contribution in [1.82, 2.24) is 10.3 Å². The van der Waals surface area contributed by atoms with Gasteiger partial charge >= 0.3 is 0 Å². The second kappa shape index (κ2) is 7.66. The van der Waals surface area contributed by atoms with Crippen LogP contribution < -0.4 is 15.8 Å². The SMILES string of the molecule is CC(C)(COc1cccc2c1C(N)=NS(=O)(=O)C2)NC(=O)c1ccnc2ccccc12. The average Bonchev–Trinajstić information content (AvgIpc) is 2.70. The molecule has 4 rings (SSSR count). The van der Waals surface area contributed by atoms with Crippen molar-refractivity contribution in [1.29, 1.82) is 0 Å². The van der Waals surface area contributed by atoms with E-state index >= 15 is 0 Å². The van der Waals surface area contributed by atoms with Gasteiger partial charge in [0.1, 0.15) is 18.2 Å². The third-order valence-electron chi connectivity index (χ3n) is 4.88. The molecule has 2 heterocycles. The van der Waals surface area contributed by atoms with Crippen LogP contribution in [0.1, 0.15) is 35.3 Å². The highest BCUT2D eigenvalue weighted by atomic mass is 32.2. The molecule has 1 aliphatic heterocycles. The van der Waals surface area contributed by atoms with E-state index in [-0.39, 0.29) is 24.1 Å². The van der Waals surface area contributed by atoms with Gasteiger partial charge in [0.25, 0.3) is 15.9 Å². The molecular weight excluding hydrogens is 416 g/mol. The van der Waals surface area contributed by atoms with Crippen LogP contribution in [0.4, 0.5) is 0 Å². The third kappa shape index (κ3) is 4.36. The second-order valence-corrected chi connectivity index (χ2v) is 9.63. The minimum absolute atomic E-state index is 0.0954. The predicted molar refractivity (Wildman–Crippen MR) is 119 cm³/mol. The van der Waals surface area contributed by atoms with Crippen molar-refractivity contribution in [3.8, 4) is 5.75 Å². The maximum atomic E-state index is 12.9. The van der Waals surface area contributed by atoms with E-state index in [0.29, 0.717) is 22.4 Å². The molecule has 3 N–H and O–H groups in total. The molecule has 9 heteroatoms. The molecule has 0 spiro atoms. The fourth-order valence-electron chi connectivity index (χ4n) is 3.49. The van der Waals surface area contributed by atoms with Crippen LogP contribution in [0.3, 0.4) is 0 Å². The van der Waals surface area contributed by atoms with Gasteiger partial charge in [0.05, 0.1) is 27.9 Å². The van der Waals surface area contributed by atoms with Crippen LogP contribution in [0.15, 0.2) is 59.1 Å². The number of rotatable bonds is 5. The first-order valence-electron chi connectivity index (χ1n) is 9.65. The van der Waals surface area contributed by atoms with E-state index in [1.54, 1.807) is 30.5 Å². The summed E-state index contributed by atoms with van der Waals surface area (Å²) in [6.07, 6.45) is 1.60.